The van der Waals surface area contributed by atoms with Crippen molar-refractivity contribution in [2.45, 2.75) is 63.1 Å². The number of anilines is 2. The lowest BCUT2D eigenvalue weighted by atomic mass is 9.98. The minimum Gasteiger partial charge on any atom is -0.381 e. The van der Waals surface area contributed by atoms with E-state index in [0.29, 0.717) is 48.6 Å². The fraction of sp³-hybridized carbons (Fsp3) is 0.500. The lowest BCUT2D eigenvalue weighted by molar-refractivity contribution is 0.0904. The Morgan fingerprint density at radius 1 is 1.11 bits per heavy atom. The molecule has 0 aliphatic carbocycles. The predicted molar refractivity (Wildman–Crippen MR) is 169 cm³/mol. The number of carbonyl (C=O) groups excluding carboxylic acids is 1. The maximum atomic E-state index is 13.9. The number of carbonyl (C=O) groups is 1. The summed E-state index contributed by atoms with van der Waals surface area (Å²) >= 11 is 0. The number of aromatic amines is 1. The van der Waals surface area contributed by atoms with Gasteiger partial charge in [-0.25, -0.2) is 17.2 Å². The average molecular weight is 645 g/mol. The number of halogens is 2. The molecule has 2 aliphatic heterocycles. The first-order chi connectivity index (χ1) is 21.4. The summed E-state index contributed by atoms with van der Waals surface area (Å²) in [5.41, 5.74) is 4.08. The van der Waals surface area contributed by atoms with Crippen LogP contribution in [-0.2, 0) is 34.1 Å². The van der Waals surface area contributed by atoms with E-state index < -0.39 is 26.6 Å². The van der Waals surface area contributed by atoms with Crippen molar-refractivity contribution in [3.8, 4) is 0 Å². The zero-order chi connectivity index (χ0) is 32.3. The molecule has 2 aromatic carbocycles. The van der Waals surface area contributed by atoms with E-state index in [9.17, 15) is 22.0 Å². The Hall–Kier alpha value is -3.39. The standard InChI is InChI=1S/C32H42F2N6O4S/c1-21(2)38(3)11-12-39(4)25-5-6-27(30(18-25)35-24-8-13-44-14-9-24)32(41)19-31-28-20-40(10-7-29(28)36-37-31)45(42,43)26-16-22(33)15-23(34)17-26/h5-6,15-18,21,24,35H,7-14,19-20H2,1-4H3,(H,36,37). The van der Waals surface area contributed by atoms with E-state index in [1.165, 1.54) is 4.31 Å². The molecule has 0 radical (unpaired) electrons. The van der Waals surface area contributed by atoms with Gasteiger partial charge < -0.3 is 19.9 Å². The second-order valence-corrected chi connectivity index (χ2v) is 14.1. The number of benzene rings is 2. The second-order valence-electron chi connectivity index (χ2n) is 12.2. The number of H-pyrrole nitrogens is 1. The molecule has 0 atom stereocenters. The minimum atomic E-state index is -4.18. The molecule has 0 saturated carbocycles. The van der Waals surface area contributed by atoms with Gasteiger partial charge in [-0.1, -0.05) is 0 Å². The third-order valence-corrected chi connectivity index (χ3v) is 10.6. The Kier molecular flexibility index (Phi) is 10.2. The van der Waals surface area contributed by atoms with Crippen LogP contribution in [0, 0.1) is 11.6 Å². The van der Waals surface area contributed by atoms with Crippen molar-refractivity contribution in [3.63, 3.8) is 0 Å². The molecule has 13 heteroatoms. The first kappa shape index (κ1) is 33.0. The number of aromatic nitrogens is 2. The number of likely N-dealkylation sites (N-methyl/N-ethyl adjacent to an activating group) is 2. The Labute approximate surface area is 263 Å². The van der Waals surface area contributed by atoms with Crippen LogP contribution < -0.4 is 10.2 Å². The minimum absolute atomic E-state index is 0.0366. The Morgan fingerprint density at radius 3 is 2.51 bits per heavy atom. The summed E-state index contributed by atoms with van der Waals surface area (Å²) in [6.07, 6.45) is 1.96. The third-order valence-electron chi connectivity index (χ3n) is 8.78. The largest absolute Gasteiger partial charge is 0.381 e. The number of rotatable bonds is 12. The SMILES string of the molecule is CC(C)N(C)CCN(C)c1ccc(C(=O)Cc2n[nH]c3c2CN(S(=O)(=O)c2cc(F)cc(F)c2)CC3)c(NC2CCOCC2)c1. The van der Waals surface area contributed by atoms with Crippen LogP contribution in [0.3, 0.4) is 0 Å². The van der Waals surface area contributed by atoms with Crippen molar-refractivity contribution in [2.75, 3.05) is 57.2 Å². The van der Waals surface area contributed by atoms with Crippen molar-refractivity contribution in [3.05, 3.63) is 70.5 Å². The quantitative estimate of drug-likeness (QED) is 0.282. The molecule has 0 spiro atoms. The van der Waals surface area contributed by atoms with Crippen LogP contribution in [-0.4, -0.2) is 92.6 Å². The lowest BCUT2D eigenvalue weighted by Gasteiger charge is -2.28. The number of hydrogen-bond donors (Lipinski definition) is 2. The van der Waals surface area contributed by atoms with E-state index in [1.54, 1.807) is 0 Å². The third kappa shape index (κ3) is 7.71. The summed E-state index contributed by atoms with van der Waals surface area (Å²) < 4.78 is 61.0. The summed E-state index contributed by atoms with van der Waals surface area (Å²) in [5, 5.41) is 10.9. The number of Topliss-reactive ketones (excluding diaryl/α,β-unsaturated/α-hetero) is 1. The Morgan fingerprint density at radius 2 is 1.82 bits per heavy atom. The van der Waals surface area contributed by atoms with Crippen molar-refractivity contribution in [1.82, 2.24) is 19.4 Å². The molecule has 3 aromatic rings. The first-order valence-corrected chi connectivity index (χ1v) is 16.8. The maximum absolute atomic E-state index is 13.9. The molecule has 45 heavy (non-hydrogen) atoms. The van der Waals surface area contributed by atoms with Gasteiger partial charge in [0.05, 0.1) is 17.0 Å². The van der Waals surface area contributed by atoms with Crippen molar-refractivity contribution in [2.24, 2.45) is 0 Å². The summed E-state index contributed by atoms with van der Waals surface area (Å²) in [4.78, 5) is 17.9. The summed E-state index contributed by atoms with van der Waals surface area (Å²) in [7, 11) is -0.0392. The number of ether oxygens (including phenoxy) is 1. The molecule has 3 heterocycles. The predicted octanol–water partition coefficient (Wildman–Crippen LogP) is 4.23. The van der Waals surface area contributed by atoms with Crippen LogP contribution in [0.5, 0.6) is 0 Å². The fourth-order valence-electron chi connectivity index (χ4n) is 5.64. The van der Waals surface area contributed by atoms with Gasteiger partial charge in [0.15, 0.2) is 5.78 Å². The first-order valence-electron chi connectivity index (χ1n) is 15.4. The molecule has 0 bridgehead atoms. The molecular weight excluding hydrogens is 602 g/mol. The van der Waals surface area contributed by atoms with Gasteiger partial charge in [0.2, 0.25) is 10.0 Å². The number of fused-ring (bicyclic) bond motifs is 1. The van der Waals surface area contributed by atoms with Gasteiger partial charge in [-0.15, -0.1) is 0 Å². The van der Waals surface area contributed by atoms with E-state index in [1.807, 2.05) is 25.2 Å². The highest BCUT2D eigenvalue weighted by Crippen LogP contribution is 2.30. The van der Waals surface area contributed by atoms with Crippen LogP contribution in [0.4, 0.5) is 20.2 Å². The molecule has 2 aliphatic rings. The average Bonchev–Trinajstić information content (AvgIpc) is 3.41. The van der Waals surface area contributed by atoms with E-state index >= 15 is 0 Å². The molecule has 1 saturated heterocycles. The van der Waals surface area contributed by atoms with Gasteiger partial charge in [-0.05, 0) is 64.1 Å². The molecule has 0 unspecified atom stereocenters. The van der Waals surface area contributed by atoms with Gasteiger partial charge in [0.25, 0.3) is 0 Å². The molecule has 0 amide bonds. The molecule has 10 nitrogen and oxygen atoms in total. The second kappa shape index (κ2) is 13.9. The van der Waals surface area contributed by atoms with Crippen LogP contribution in [0.2, 0.25) is 0 Å². The topological polar surface area (TPSA) is 111 Å². The summed E-state index contributed by atoms with van der Waals surface area (Å²) in [5.74, 6) is -2.09. The smallest absolute Gasteiger partial charge is 0.243 e. The number of hydrogen-bond acceptors (Lipinski definition) is 8. The van der Waals surface area contributed by atoms with Gasteiger partial charge in [0, 0.05) is 99.2 Å². The van der Waals surface area contributed by atoms with E-state index in [2.05, 4.69) is 46.2 Å². The molecule has 1 aromatic heterocycles. The van der Waals surface area contributed by atoms with Gasteiger partial charge in [-0.3, -0.25) is 9.89 Å². The zero-order valence-corrected chi connectivity index (χ0v) is 27.1. The Bertz CT molecular complexity index is 1600. The number of sulfonamides is 1. The van der Waals surface area contributed by atoms with E-state index in [-0.39, 0.29) is 31.3 Å². The van der Waals surface area contributed by atoms with Crippen LogP contribution in [0.25, 0.3) is 0 Å². The highest BCUT2D eigenvalue weighted by molar-refractivity contribution is 7.89. The van der Waals surface area contributed by atoms with Crippen molar-refractivity contribution >= 4 is 27.2 Å². The lowest BCUT2D eigenvalue weighted by Crippen LogP contribution is -2.36. The molecule has 2 N–H and O–H groups in total. The van der Waals surface area contributed by atoms with Crippen LogP contribution >= 0.6 is 0 Å². The Balaban J connectivity index is 1.37. The van der Waals surface area contributed by atoms with Gasteiger partial charge >= 0.3 is 0 Å². The van der Waals surface area contributed by atoms with E-state index in [4.69, 9.17) is 4.74 Å². The van der Waals surface area contributed by atoms with Gasteiger partial charge in [-0.2, -0.15) is 9.40 Å². The molecule has 244 valence electrons. The van der Waals surface area contributed by atoms with Crippen molar-refractivity contribution < 1.29 is 26.7 Å². The van der Waals surface area contributed by atoms with Crippen LogP contribution in [0.15, 0.2) is 41.3 Å². The molecular formula is C32H42F2N6O4S. The van der Waals surface area contributed by atoms with Crippen LogP contribution in [0.1, 0.15) is 54.0 Å². The van der Waals surface area contributed by atoms with Crippen molar-refractivity contribution in [1.29, 1.82) is 0 Å². The van der Waals surface area contributed by atoms with Gasteiger partial charge in [0.1, 0.15) is 11.6 Å². The number of nitrogens with zero attached hydrogens (tertiary/aromatic N) is 4. The highest BCUT2D eigenvalue weighted by Gasteiger charge is 2.32. The summed E-state index contributed by atoms with van der Waals surface area (Å²) in [6.45, 7) is 7.40. The zero-order valence-electron chi connectivity index (χ0n) is 26.3. The summed E-state index contributed by atoms with van der Waals surface area (Å²) in [6, 6.07) is 8.67. The number of nitrogens with one attached hydrogen (secondary N) is 2. The fourth-order valence-corrected chi connectivity index (χ4v) is 7.10. The maximum Gasteiger partial charge on any atom is 0.243 e. The molecule has 1 fully saturated rings. The van der Waals surface area contributed by atoms with E-state index in [0.717, 1.165) is 55.1 Å². The number of ketones is 1. The molecule has 5 rings (SSSR count). The highest BCUT2D eigenvalue weighted by atomic mass is 32.2. The monoisotopic (exact) mass is 644 g/mol. The normalized spacial score (nSPS) is 16.3.